The van der Waals surface area contributed by atoms with Gasteiger partial charge in [0.2, 0.25) is 5.91 Å². The third kappa shape index (κ3) is 7.52. The average Bonchev–Trinajstić information content (AvgIpc) is 2.89. The molecule has 0 aromatic heterocycles. The zero-order valence-corrected chi connectivity index (χ0v) is 26.6. The van der Waals surface area contributed by atoms with E-state index in [1.165, 1.54) is 0 Å². The van der Waals surface area contributed by atoms with E-state index in [0.717, 1.165) is 22.3 Å². The van der Waals surface area contributed by atoms with E-state index >= 15 is 0 Å². The van der Waals surface area contributed by atoms with Crippen LogP contribution < -0.4 is 0 Å². The lowest BCUT2D eigenvalue weighted by Crippen LogP contribution is -2.58. The molecule has 0 radical (unpaired) electrons. The quantitative estimate of drug-likeness (QED) is 0.203. The summed E-state index contributed by atoms with van der Waals surface area (Å²) < 4.78 is 21.9. The lowest BCUT2D eigenvalue weighted by Gasteiger charge is -2.52. The third-order valence-corrected chi connectivity index (χ3v) is 9.18. The van der Waals surface area contributed by atoms with Crippen molar-refractivity contribution in [3.05, 3.63) is 70.8 Å². The Kier molecular flexibility index (Phi) is 11.0. The predicted octanol–water partition coefficient (Wildman–Crippen LogP) is 5.89. The fourth-order valence-corrected chi connectivity index (χ4v) is 7.07. The number of rotatable bonds is 9. The Morgan fingerprint density at radius 1 is 1.18 bits per heavy atom. The van der Waals surface area contributed by atoms with Crippen LogP contribution in [0.3, 0.4) is 0 Å². The molecule has 0 aliphatic carbocycles. The standard InChI is InChI=1S/C31H37IN2O5S/c1-7-9-27(35)33-40(38)19-26(20(2)3)34-29(23-14-12-21(4)13-15-23)25(24-11-8-10-22(5)16-24)17-31(6,30(34)37)18-28(36)39-32/h1,8,10-16,20,25-26,29,40H,9,17-19H2,2-6H3/t25-,26?,29?,31-/m1/s1. The van der Waals surface area contributed by atoms with Crippen LogP contribution in [0.25, 0.3) is 0 Å². The van der Waals surface area contributed by atoms with E-state index in [0.29, 0.717) is 6.42 Å². The van der Waals surface area contributed by atoms with Gasteiger partial charge >= 0.3 is 5.97 Å². The summed E-state index contributed by atoms with van der Waals surface area (Å²) in [5, 5.41) is 0. The Balaban J connectivity index is 2.26. The van der Waals surface area contributed by atoms with Gasteiger partial charge in [0.15, 0.2) is 23.0 Å². The van der Waals surface area contributed by atoms with E-state index in [2.05, 4.69) is 22.4 Å². The summed E-state index contributed by atoms with van der Waals surface area (Å²) in [7, 11) is -2.32. The van der Waals surface area contributed by atoms with Gasteiger partial charge in [-0.1, -0.05) is 86.3 Å². The minimum atomic E-state index is -2.32. The highest BCUT2D eigenvalue weighted by Gasteiger charge is 2.53. The highest BCUT2D eigenvalue weighted by atomic mass is 127. The van der Waals surface area contributed by atoms with Crippen molar-refractivity contribution in [1.29, 1.82) is 0 Å². The molecule has 2 amide bonds. The molecular weight excluding hydrogens is 639 g/mol. The van der Waals surface area contributed by atoms with Gasteiger partial charge in [0.25, 0.3) is 5.91 Å². The minimum absolute atomic E-state index is 0.00472. The molecule has 3 unspecified atom stereocenters. The smallest absolute Gasteiger partial charge is 0.316 e. The molecule has 1 saturated heterocycles. The Bertz CT molecular complexity index is 1380. The van der Waals surface area contributed by atoms with Crippen molar-refractivity contribution in [3.8, 4) is 12.3 Å². The van der Waals surface area contributed by atoms with Crippen molar-refractivity contribution in [3.63, 3.8) is 0 Å². The summed E-state index contributed by atoms with van der Waals surface area (Å²) in [6.45, 7) is 9.77. The van der Waals surface area contributed by atoms with Gasteiger partial charge in [0.05, 0.1) is 30.1 Å². The summed E-state index contributed by atoms with van der Waals surface area (Å²) in [4.78, 5) is 41.0. The molecule has 1 heterocycles. The first-order valence-corrected chi connectivity index (χ1v) is 15.6. The Hall–Kier alpha value is -2.71. The number of terminal acetylenes is 1. The minimum Gasteiger partial charge on any atom is -0.394 e. The molecule has 1 fully saturated rings. The second-order valence-electron chi connectivity index (χ2n) is 11.2. The molecule has 5 atom stereocenters. The van der Waals surface area contributed by atoms with Crippen LogP contribution in [0.1, 0.15) is 74.2 Å². The Morgan fingerprint density at radius 3 is 2.42 bits per heavy atom. The van der Waals surface area contributed by atoms with E-state index in [1.807, 2.05) is 75.9 Å². The number of hydrogen-bond acceptors (Lipinski definition) is 5. The van der Waals surface area contributed by atoms with Crippen LogP contribution in [0.5, 0.6) is 0 Å². The molecule has 3 rings (SSSR count). The van der Waals surface area contributed by atoms with Gasteiger partial charge in [0.1, 0.15) is 0 Å². The molecule has 40 heavy (non-hydrogen) atoms. The van der Waals surface area contributed by atoms with Crippen molar-refractivity contribution >= 4 is 51.4 Å². The summed E-state index contributed by atoms with van der Waals surface area (Å²) in [6, 6.07) is 15.4. The Morgan fingerprint density at radius 2 is 1.85 bits per heavy atom. The van der Waals surface area contributed by atoms with Crippen LogP contribution in [0.2, 0.25) is 0 Å². The zero-order valence-electron chi connectivity index (χ0n) is 23.6. The molecule has 0 saturated carbocycles. The predicted molar refractivity (Wildman–Crippen MR) is 166 cm³/mol. The van der Waals surface area contributed by atoms with E-state index in [9.17, 15) is 18.6 Å². The highest BCUT2D eigenvalue weighted by molar-refractivity contribution is 14.1. The maximum Gasteiger partial charge on any atom is 0.316 e. The van der Waals surface area contributed by atoms with Gasteiger partial charge in [-0.15, -0.1) is 6.42 Å². The fraction of sp³-hybridized carbons (Fsp3) is 0.452. The highest BCUT2D eigenvalue weighted by Crippen LogP contribution is 2.52. The van der Waals surface area contributed by atoms with Crippen molar-refractivity contribution in [1.82, 2.24) is 4.90 Å². The van der Waals surface area contributed by atoms with Crippen LogP contribution in [0.15, 0.2) is 52.9 Å². The maximum atomic E-state index is 14.5. The van der Waals surface area contributed by atoms with Crippen LogP contribution in [-0.2, 0) is 28.0 Å². The number of thiol groups is 1. The summed E-state index contributed by atoms with van der Waals surface area (Å²) in [5.41, 5.74) is 3.12. The largest absolute Gasteiger partial charge is 0.394 e. The summed E-state index contributed by atoms with van der Waals surface area (Å²) in [6.07, 6.45) is 5.34. The molecule has 1 aliphatic rings. The van der Waals surface area contributed by atoms with Crippen molar-refractivity contribution in [2.24, 2.45) is 15.7 Å². The number of likely N-dealkylation sites (tertiary alicyclic amines) is 1. The fourth-order valence-electron chi connectivity index (χ4n) is 5.59. The second kappa shape index (κ2) is 13.8. The molecule has 0 N–H and O–H groups in total. The number of halogens is 1. The first-order valence-electron chi connectivity index (χ1n) is 13.3. The first kappa shape index (κ1) is 31.8. The molecule has 0 spiro atoms. The third-order valence-electron chi connectivity index (χ3n) is 7.56. The zero-order chi connectivity index (χ0) is 29.6. The second-order valence-corrected chi connectivity index (χ2v) is 12.9. The number of carbonyl (C=O) groups excluding carboxylic acids is 3. The molecule has 214 valence electrons. The Labute approximate surface area is 253 Å². The molecule has 7 nitrogen and oxygen atoms in total. The monoisotopic (exact) mass is 676 g/mol. The van der Waals surface area contributed by atoms with Crippen LogP contribution in [0.4, 0.5) is 0 Å². The lowest BCUT2D eigenvalue weighted by atomic mass is 9.66. The number of aryl methyl sites for hydroxylation is 2. The van der Waals surface area contributed by atoms with Gasteiger partial charge in [-0.25, -0.2) is 0 Å². The number of piperidine rings is 1. The normalized spacial score (nSPS) is 22.6. The first-order chi connectivity index (χ1) is 18.9. The van der Waals surface area contributed by atoms with Crippen LogP contribution in [0, 0.1) is 37.5 Å². The number of benzene rings is 2. The van der Waals surface area contributed by atoms with Crippen molar-refractivity contribution in [2.45, 2.75) is 71.9 Å². The molecule has 2 aromatic carbocycles. The topological polar surface area (TPSA) is 93.1 Å². The average molecular weight is 677 g/mol. The van der Waals surface area contributed by atoms with Gasteiger partial charge in [0, 0.05) is 22.6 Å². The molecular formula is C31H37IN2O5S. The number of hydrogen-bond donors (Lipinski definition) is 1. The van der Waals surface area contributed by atoms with Gasteiger partial charge in [-0.05, 0) is 37.3 Å². The SMILES string of the molecule is C#CCC(=O)N=[SH](=O)CC(C(C)C)N1C(=O)[C@@](C)(CC(=O)OI)C[C@H](c2cccc(C)c2)C1c1ccc(C)cc1. The van der Waals surface area contributed by atoms with E-state index in [-0.39, 0.29) is 36.3 Å². The van der Waals surface area contributed by atoms with Crippen LogP contribution >= 0.6 is 23.0 Å². The van der Waals surface area contributed by atoms with E-state index in [1.54, 1.807) is 23.0 Å². The van der Waals surface area contributed by atoms with E-state index < -0.39 is 40.0 Å². The molecule has 1 aliphatic heterocycles. The van der Waals surface area contributed by atoms with Gasteiger partial charge in [-0.2, -0.15) is 4.36 Å². The van der Waals surface area contributed by atoms with Crippen molar-refractivity contribution in [2.75, 3.05) is 5.75 Å². The molecule has 2 aromatic rings. The molecule has 9 heteroatoms. The van der Waals surface area contributed by atoms with Gasteiger partial charge in [-0.3, -0.25) is 18.6 Å². The summed E-state index contributed by atoms with van der Waals surface area (Å²) >= 11 is 1.55. The van der Waals surface area contributed by atoms with Gasteiger partial charge < -0.3 is 7.97 Å². The van der Waals surface area contributed by atoms with Crippen molar-refractivity contribution < 1.29 is 21.7 Å². The maximum absolute atomic E-state index is 14.5. The van der Waals surface area contributed by atoms with E-state index in [4.69, 9.17) is 9.49 Å². The lowest BCUT2D eigenvalue weighted by molar-refractivity contribution is -0.159. The molecule has 0 bridgehead atoms. The number of carbonyl (C=O) groups is 3. The van der Waals surface area contributed by atoms with Crippen LogP contribution in [-0.4, -0.2) is 38.7 Å². The summed E-state index contributed by atoms with van der Waals surface area (Å²) in [5.74, 6) is 0.662. The number of nitrogens with zero attached hydrogens (tertiary/aromatic N) is 2. The number of amides is 2.